The lowest BCUT2D eigenvalue weighted by atomic mass is 9.97. The van der Waals surface area contributed by atoms with Crippen molar-refractivity contribution in [2.45, 2.75) is 45.1 Å². The summed E-state index contributed by atoms with van der Waals surface area (Å²) in [6.07, 6.45) is 4.63. The van der Waals surface area contributed by atoms with E-state index >= 15 is 0 Å². The first-order chi connectivity index (χ1) is 6.64. The topological polar surface area (TPSA) is 51.8 Å². The summed E-state index contributed by atoms with van der Waals surface area (Å²) in [4.78, 5) is 4.42. The number of nitrogens with zero attached hydrogens (tertiary/aromatic N) is 2. The Balaban J connectivity index is 2.18. The second-order valence-electron chi connectivity index (χ2n) is 4.32. The van der Waals surface area contributed by atoms with Gasteiger partial charge in [0.05, 0.1) is 5.54 Å². The zero-order valence-corrected chi connectivity index (χ0v) is 9.60. The summed E-state index contributed by atoms with van der Waals surface area (Å²) >= 11 is 1.47. The van der Waals surface area contributed by atoms with Crippen LogP contribution in [0.15, 0.2) is 0 Å². The van der Waals surface area contributed by atoms with E-state index in [1.54, 1.807) is 0 Å². The van der Waals surface area contributed by atoms with E-state index in [1.165, 1.54) is 24.4 Å². The second kappa shape index (κ2) is 3.59. The number of aromatic nitrogens is 2. The van der Waals surface area contributed by atoms with Crippen molar-refractivity contribution in [3.05, 3.63) is 10.8 Å². The minimum absolute atomic E-state index is 0.174. The van der Waals surface area contributed by atoms with E-state index in [0.29, 0.717) is 0 Å². The zero-order chi connectivity index (χ0) is 10.2. The molecule has 0 saturated heterocycles. The Morgan fingerprint density at radius 3 is 2.93 bits per heavy atom. The molecule has 1 heterocycles. The number of aryl methyl sites for hydroxylation is 1. The van der Waals surface area contributed by atoms with Crippen molar-refractivity contribution in [2.24, 2.45) is 11.7 Å². The van der Waals surface area contributed by atoms with Gasteiger partial charge in [-0.1, -0.05) is 13.3 Å². The molecule has 2 atom stereocenters. The highest BCUT2D eigenvalue weighted by molar-refractivity contribution is 7.05. The highest BCUT2D eigenvalue weighted by Crippen LogP contribution is 2.41. The Morgan fingerprint density at radius 2 is 2.43 bits per heavy atom. The Bertz CT molecular complexity index is 323. The predicted molar refractivity (Wildman–Crippen MR) is 58.1 cm³/mol. The molecule has 3 nitrogen and oxygen atoms in total. The van der Waals surface area contributed by atoms with Crippen molar-refractivity contribution in [3.8, 4) is 0 Å². The summed E-state index contributed by atoms with van der Waals surface area (Å²) < 4.78 is 4.21. The summed E-state index contributed by atoms with van der Waals surface area (Å²) in [5, 5.41) is 1.03. The van der Waals surface area contributed by atoms with Crippen molar-refractivity contribution in [3.63, 3.8) is 0 Å². The number of hydrogen-bond donors (Lipinski definition) is 1. The van der Waals surface area contributed by atoms with Crippen LogP contribution >= 0.6 is 11.5 Å². The summed E-state index contributed by atoms with van der Waals surface area (Å²) in [6, 6.07) is 0. The van der Waals surface area contributed by atoms with Gasteiger partial charge in [0.1, 0.15) is 10.8 Å². The minimum Gasteiger partial charge on any atom is -0.319 e. The molecule has 0 radical (unpaired) electrons. The van der Waals surface area contributed by atoms with Gasteiger partial charge >= 0.3 is 0 Å². The van der Waals surface area contributed by atoms with Gasteiger partial charge in [-0.05, 0) is 43.6 Å². The lowest BCUT2D eigenvalue weighted by Crippen LogP contribution is -2.33. The fourth-order valence-corrected chi connectivity index (χ4v) is 3.02. The number of rotatable bonds is 2. The summed E-state index contributed by atoms with van der Waals surface area (Å²) in [5.41, 5.74) is 6.19. The van der Waals surface area contributed by atoms with Crippen LogP contribution in [0.25, 0.3) is 0 Å². The number of hydrogen-bond acceptors (Lipinski definition) is 4. The highest BCUT2D eigenvalue weighted by atomic mass is 32.1. The van der Waals surface area contributed by atoms with Gasteiger partial charge in [0.15, 0.2) is 0 Å². The maximum Gasteiger partial charge on any atom is 0.139 e. The standard InChI is InChI=1S/C10H17N3S/c1-3-8-4-5-10(11,6-8)9-12-7(2)13-14-9/h8H,3-6,11H2,1-2H3. The normalized spacial score (nSPS) is 32.4. The predicted octanol–water partition coefficient (Wildman–Crippen LogP) is 2.21. The fraction of sp³-hybridized carbons (Fsp3) is 0.800. The van der Waals surface area contributed by atoms with E-state index in [1.807, 2.05) is 6.92 Å². The molecule has 0 aromatic carbocycles. The fourth-order valence-electron chi connectivity index (χ4n) is 2.22. The molecule has 2 N–H and O–H groups in total. The molecule has 1 aromatic heterocycles. The third kappa shape index (κ3) is 1.68. The Kier molecular flexibility index (Phi) is 2.58. The first-order valence-corrected chi connectivity index (χ1v) is 6.01. The smallest absolute Gasteiger partial charge is 0.139 e. The average Bonchev–Trinajstić information content (AvgIpc) is 2.73. The van der Waals surface area contributed by atoms with E-state index < -0.39 is 0 Å². The van der Waals surface area contributed by atoms with E-state index in [2.05, 4.69) is 16.3 Å². The molecule has 0 aliphatic heterocycles. The summed E-state index contributed by atoms with van der Waals surface area (Å²) in [7, 11) is 0. The molecule has 1 aliphatic carbocycles. The first kappa shape index (κ1) is 10.1. The maximum absolute atomic E-state index is 6.37. The zero-order valence-electron chi connectivity index (χ0n) is 8.79. The van der Waals surface area contributed by atoms with Gasteiger partial charge in [0.2, 0.25) is 0 Å². The van der Waals surface area contributed by atoms with Crippen molar-refractivity contribution < 1.29 is 0 Å². The lowest BCUT2D eigenvalue weighted by Gasteiger charge is -2.20. The van der Waals surface area contributed by atoms with Gasteiger partial charge in [-0.15, -0.1) is 0 Å². The quantitative estimate of drug-likeness (QED) is 0.816. The van der Waals surface area contributed by atoms with Gasteiger partial charge in [0, 0.05) is 0 Å². The monoisotopic (exact) mass is 211 g/mol. The molecular weight excluding hydrogens is 194 g/mol. The largest absolute Gasteiger partial charge is 0.319 e. The molecule has 1 saturated carbocycles. The van der Waals surface area contributed by atoms with Crippen LogP contribution in [0.3, 0.4) is 0 Å². The Hall–Kier alpha value is -0.480. The molecule has 78 valence electrons. The summed E-state index contributed by atoms with van der Waals surface area (Å²) in [5.74, 6) is 1.64. The molecule has 1 fully saturated rings. The third-order valence-corrected chi connectivity index (χ3v) is 4.21. The van der Waals surface area contributed by atoms with Crippen LogP contribution in [0.2, 0.25) is 0 Å². The molecule has 1 aromatic rings. The Morgan fingerprint density at radius 1 is 1.64 bits per heavy atom. The van der Waals surface area contributed by atoms with Gasteiger partial charge in [-0.2, -0.15) is 4.37 Å². The average molecular weight is 211 g/mol. The molecule has 14 heavy (non-hydrogen) atoms. The van der Waals surface area contributed by atoms with Crippen molar-refractivity contribution in [1.29, 1.82) is 0 Å². The maximum atomic E-state index is 6.37. The van der Waals surface area contributed by atoms with E-state index in [4.69, 9.17) is 5.73 Å². The van der Waals surface area contributed by atoms with Crippen LogP contribution in [0, 0.1) is 12.8 Å². The second-order valence-corrected chi connectivity index (χ2v) is 5.07. The van der Waals surface area contributed by atoms with Crippen LogP contribution in [0.5, 0.6) is 0 Å². The molecule has 4 heteroatoms. The van der Waals surface area contributed by atoms with Crippen molar-refractivity contribution in [2.75, 3.05) is 0 Å². The molecule has 2 unspecified atom stereocenters. The molecule has 2 rings (SSSR count). The van der Waals surface area contributed by atoms with Crippen LogP contribution in [-0.4, -0.2) is 9.36 Å². The van der Waals surface area contributed by atoms with Gasteiger partial charge in [0.25, 0.3) is 0 Å². The highest BCUT2D eigenvalue weighted by Gasteiger charge is 2.38. The minimum atomic E-state index is -0.174. The van der Waals surface area contributed by atoms with Crippen LogP contribution in [-0.2, 0) is 5.54 Å². The van der Waals surface area contributed by atoms with Crippen LogP contribution < -0.4 is 5.73 Å². The first-order valence-electron chi connectivity index (χ1n) is 5.24. The lowest BCUT2D eigenvalue weighted by molar-refractivity contribution is 0.422. The molecule has 0 spiro atoms. The molecular formula is C10H17N3S. The molecule has 1 aliphatic rings. The SMILES string of the molecule is CCC1CCC(N)(c2nc(C)ns2)C1. The summed E-state index contributed by atoms with van der Waals surface area (Å²) in [6.45, 7) is 4.16. The van der Waals surface area contributed by atoms with Gasteiger partial charge < -0.3 is 5.73 Å². The van der Waals surface area contributed by atoms with E-state index in [0.717, 1.165) is 29.6 Å². The van der Waals surface area contributed by atoms with Gasteiger partial charge in [-0.25, -0.2) is 4.98 Å². The molecule has 0 bridgehead atoms. The molecule has 0 amide bonds. The van der Waals surface area contributed by atoms with E-state index in [9.17, 15) is 0 Å². The Labute approximate surface area is 88.9 Å². The van der Waals surface area contributed by atoms with Crippen LogP contribution in [0.4, 0.5) is 0 Å². The number of nitrogens with two attached hydrogens (primary N) is 1. The van der Waals surface area contributed by atoms with Crippen molar-refractivity contribution >= 4 is 11.5 Å². The third-order valence-electron chi connectivity index (χ3n) is 3.18. The van der Waals surface area contributed by atoms with Gasteiger partial charge in [-0.3, -0.25) is 0 Å². The van der Waals surface area contributed by atoms with Crippen LogP contribution in [0.1, 0.15) is 43.4 Å². The van der Waals surface area contributed by atoms with Crippen molar-refractivity contribution in [1.82, 2.24) is 9.36 Å². The van der Waals surface area contributed by atoms with E-state index in [-0.39, 0.29) is 5.54 Å².